The normalized spacial score (nSPS) is 11.9. The fourth-order valence-corrected chi connectivity index (χ4v) is 4.99. The fraction of sp³-hybridized carbons (Fsp3) is 0.190. The molecule has 0 atom stereocenters. The van der Waals surface area contributed by atoms with Crippen LogP contribution in [0.5, 0.6) is 0 Å². The predicted molar refractivity (Wildman–Crippen MR) is 117 cm³/mol. The van der Waals surface area contributed by atoms with Crippen molar-refractivity contribution in [3.05, 3.63) is 75.0 Å². The number of hydrogen-bond acceptors (Lipinski definition) is 5. The quantitative estimate of drug-likeness (QED) is 0.436. The maximum absolute atomic E-state index is 13.3. The van der Waals surface area contributed by atoms with E-state index in [0.717, 1.165) is 17.3 Å². The lowest BCUT2D eigenvalue weighted by atomic mass is 10.2. The smallest absolute Gasteiger partial charge is 0.267 e. The van der Waals surface area contributed by atoms with Crippen LogP contribution in [-0.2, 0) is 16.4 Å². The van der Waals surface area contributed by atoms with E-state index in [1.807, 2.05) is 6.92 Å². The Morgan fingerprint density at radius 2 is 1.87 bits per heavy atom. The molecule has 0 bridgehead atoms. The van der Waals surface area contributed by atoms with Crippen molar-refractivity contribution >= 4 is 42.4 Å². The minimum atomic E-state index is -4.00. The maximum atomic E-state index is 13.3. The van der Waals surface area contributed by atoms with E-state index in [-0.39, 0.29) is 26.2 Å². The highest BCUT2D eigenvalue weighted by Gasteiger charge is 2.24. The highest BCUT2D eigenvalue weighted by Crippen LogP contribution is 2.22. The van der Waals surface area contributed by atoms with Gasteiger partial charge in [0.15, 0.2) is 0 Å². The number of aryl methyl sites for hydroxylation is 1. The van der Waals surface area contributed by atoms with Gasteiger partial charge in [0, 0.05) is 17.2 Å². The number of aromatic nitrogens is 3. The molecule has 0 spiro atoms. The summed E-state index contributed by atoms with van der Waals surface area (Å²) in [6.07, 6.45) is 3.17. The van der Waals surface area contributed by atoms with Gasteiger partial charge in [-0.2, -0.15) is 0 Å². The summed E-state index contributed by atoms with van der Waals surface area (Å²) in [5, 5.41) is 8.83. The molecule has 0 aliphatic heterocycles. The van der Waals surface area contributed by atoms with Crippen LogP contribution in [0.4, 0.5) is 0 Å². The number of rotatable bonds is 5. The Morgan fingerprint density at radius 3 is 2.57 bits per heavy atom. The van der Waals surface area contributed by atoms with E-state index in [1.54, 1.807) is 36.5 Å². The van der Waals surface area contributed by atoms with E-state index in [4.69, 9.17) is 5.41 Å². The molecule has 0 fully saturated rings. The van der Waals surface area contributed by atoms with Crippen molar-refractivity contribution in [3.63, 3.8) is 0 Å². The van der Waals surface area contributed by atoms with Crippen LogP contribution < -0.4 is 11.0 Å². The minimum absolute atomic E-state index is 0.0643. The summed E-state index contributed by atoms with van der Waals surface area (Å²) < 4.78 is 30.3. The van der Waals surface area contributed by atoms with Crippen LogP contribution in [0.2, 0.25) is 0 Å². The summed E-state index contributed by atoms with van der Waals surface area (Å²) >= 11 is 3.30. The van der Waals surface area contributed by atoms with E-state index in [0.29, 0.717) is 17.8 Å². The highest BCUT2D eigenvalue weighted by atomic mass is 79.9. The molecule has 0 radical (unpaired) electrons. The number of pyridine rings is 2. The summed E-state index contributed by atoms with van der Waals surface area (Å²) in [5.74, 6) is 0. The largest absolute Gasteiger partial charge is 0.310 e. The molecule has 0 aliphatic rings. The van der Waals surface area contributed by atoms with Gasteiger partial charge in [-0.05, 0) is 48.9 Å². The molecule has 4 aromatic rings. The molecule has 1 N–H and O–H groups in total. The van der Waals surface area contributed by atoms with E-state index in [2.05, 4.69) is 20.9 Å². The number of fused-ring (bicyclic) bond motifs is 2. The first-order valence-corrected chi connectivity index (χ1v) is 11.7. The summed E-state index contributed by atoms with van der Waals surface area (Å²) in [6, 6.07) is 12.7. The molecular formula is C21H19BrN4O3S. The molecule has 7 nitrogen and oxygen atoms in total. The molecular weight excluding hydrogens is 468 g/mol. The van der Waals surface area contributed by atoms with Crippen LogP contribution in [0, 0.1) is 5.41 Å². The summed E-state index contributed by atoms with van der Waals surface area (Å²) in [4.78, 5) is 17.6. The summed E-state index contributed by atoms with van der Waals surface area (Å²) in [7, 11) is -4.00. The summed E-state index contributed by atoms with van der Waals surface area (Å²) in [6.45, 7) is 2.40. The zero-order valence-electron chi connectivity index (χ0n) is 16.2. The van der Waals surface area contributed by atoms with Crippen LogP contribution in [0.15, 0.2) is 73.8 Å². The Labute approximate surface area is 181 Å². The lowest BCUT2D eigenvalue weighted by Gasteiger charge is -2.15. The molecule has 9 heteroatoms. The molecule has 0 saturated heterocycles. The van der Waals surface area contributed by atoms with Crippen molar-refractivity contribution in [1.29, 1.82) is 5.41 Å². The van der Waals surface area contributed by atoms with Crippen LogP contribution >= 0.6 is 15.9 Å². The number of nitrogens with zero attached hydrogens (tertiary/aromatic N) is 3. The van der Waals surface area contributed by atoms with E-state index >= 15 is 0 Å². The average molecular weight is 487 g/mol. The van der Waals surface area contributed by atoms with Crippen molar-refractivity contribution in [2.45, 2.75) is 36.1 Å². The van der Waals surface area contributed by atoms with Crippen molar-refractivity contribution in [3.8, 4) is 0 Å². The van der Waals surface area contributed by atoms with Gasteiger partial charge in [0.2, 0.25) is 9.84 Å². The van der Waals surface area contributed by atoms with Gasteiger partial charge in [0.25, 0.3) is 5.56 Å². The molecule has 0 aliphatic carbocycles. The zero-order valence-corrected chi connectivity index (χ0v) is 18.6. The van der Waals surface area contributed by atoms with Gasteiger partial charge in [-0.15, -0.1) is 0 Å². The summed E-state index contributed by atoms with van der Waals surface area (Å²) in [5.41, 5.74) is 0.224. The number of unbranched alkanes of at least 4 members (excludes halogenated alkanes) is 1. The number of halogens is 1. The Bertz CT molecular complexity index is 1490. The third kappa shape index (κ3) is 3.37. The lowest BCUT2D eigenvalue weighted by molar-refractivity contribution is 0.580. The molecule has 3 heterocycles. The van der Waals surface area contributed by atoms with Crippen LogP contribution in [0.1, 0.15) is 19.8 Å². The Kier molecular flexibility index (Phi) is 5.33. The number of nitrogens with one attached hydrogen (secondary N) is 1. The van der Waals surface area contributed by atoms with Gasteiger partial charge in [-0.25, -0.2) is 13.4 Å². The standard InChI is InChI=1S/C21H19BrN4O3S/c1-2-3-11-26-19(23)17(30(28,29)15-9-7-14(22)8-10-15)13-16-20(26)24-18-6-4-5-12-25(18)21(16)27/h4-10,12-13,23H,2-3,11H2,1H3. The van der Waals surface area contributed by atoms with E-state index < -0.39 is 9.84 Å². The van der Waals surface area contributed by atoms with Gasteiger partial charge >= 0.3 is 0 Å². The van der Waals surface area contributed by atoms with Crippen LogP contribution in [0.25, 0.3) is 16.7 Å². The first kappa shape index (κ1) is 20.5. The third-order valence-electron chi connectivity index (χ3n) is 4.93. The monoisotopic (exact) mass is 486 g/mol. The minimum Gasteiger partial charge on any atom is -0.310 e. The molecule has 3 aromatic heterocycles. The van der Waals surface area contributed by atoms with Crippen LogP contribution in [-0.4, -0.2) is 22.4 Å². The molecule has 1 aromatic carbocycles. The molecule has 0 amide bonds. The van der Waals surface area contributed by atoms with Gasteiger partial charge in [-0.1, -0.05) is 35.3 Å². The SMILES string of the molecule is CCCCn1c(=N)c(S(=O)(=O)c2ccc(Br)cc2)cc2c(=O)n3ccccc3nc21. The average Bonchev–Trinajstić information content (AvgIpc) is 2.73. The Balaban J connectivity index is 2.10. The van der Waals surface area contributed by atoms with E-state index in [1.165, 1.54) is 27.2 Å². The van der Waals surface area contributed by atoms with Crippen molar-refractivity contribution in [2.24, 2.45) is 0 Å². The second kappa shape index (κ2) is 7.81. The topological polar surface area (TPSA) is 97.3 Å². The lowest BCUT2D eigenvalue weighted by Crippen LogP contribution is -2.30. The van der Waals surface area contributed by atoms with E-state index in [9.17, 15) is 13.2 Å². The Morgan fingerprint density at radius 1 is 1.13 bits per heavy atom. The fourth-order valence-electron chi connectivity index (χ4n) is 3.34. The third-order valence-corrected chi connectivity index (χ3v) is 7.24. The molecule has 30 heavy (non-hydrogen) atoms. The van der Waals surface area contributed by atoms with Crippen molar-refractivity contribution in [1.82, 2.24) is 14.0 Å². The second-order valence-corrected chi connectivity index (χ2v) is 9.74. The Hall–Kier alpha value is -2.78. The highest BCUT2D eigenvalue weighted by molar-refractivity contribution is 9.10. The van der Waals surface area contributed by atoms with Crippen LogP contribution in [0.3, 0.4) is 0 Å². The second-order valence-electron chi connectivity index (χ2n) is 6.90. The number of benzene rings is 1. The van der Waals surface area contributed by atoms with Crippen molar-refractivity contribution < 1.29 is 8.42 Å². The molecule has 4 rings (SSSR count). The van der Waals surface area contributed by atoms with Gasteiger partial charge in [-0.3, -0.25) is 14.6 Å². The van der Waals surface area contributed by atoms with Crippen molar-refractivity contribution in [2.75, 3.05) is 0 Å². The molecule has 0 saturated carbocycles. The predicted octanol–water partition coefficient (Wildman–Crippen LogP) is 3.52. The number of hydrogen-bond donors (Lipinski definition) is 1. The van der Waals surface area contributed by atoms with Gasteiger partial charge in [0.1, 0.15) is 21.7 Å². The zero-order chi connectivity index (χ0) is 21.5. The van der Waals surface area contributed by atoms with Gasteiger partial charge in [0.05, 0.1) is 10.3 Å². The molecule has 0 unspecified atom stereocenters. The number of sulfone groups is 1. The first-order valence-electron chi connectivity index (χ1n) is 9.45. The molecule has 154 valence electrons. The maximum Gasteiger partial charge on any atom is 0.267 e. The van der Waals surface area contributed by atoms with Gasteiger partial charge < -0.3 is 4.57 Å². The first-order chi connectivity index (χ1) is 14.3.